The molecule has 6 nitrogen and oxygen atoms in total. The number of benzene rings is 1. The van der Waals surface area contributed by atoms with Crippen LogP contribution in [0.15, 0.2) is 35.7 Å². The number of carbonyl (C=O) groups is 1. The summed E-state index contributed by atoms with van der Waals surface area (Å²) in [6.07, 6.45) is 1.77. The van der Waals surface area contributed by atoms with Crippen molar-refractivity contribution in [2.45, 2.75) is 38.0 Å². The molecular formula is C18H23N3O3S2. The second-order valence-corrected chi connectivity index (χ2v) is 9.38. The highest BCUT2D eigenvalue weighted by Crippen LogP contribution is 2.31. The Bertz CT molecular complexity index is 850. The van der Waals surface area contributed by atoms with Gasteiger partial charge in [-0.3, -0.25) is 4.79 Å². The molecule has 1 aliphatic heterocycles. The first-order chi connectivity index (χ1) is 12.4. The number of piperidine rings is 1. The standard InChI is InChI=1S/C18H23N3O3S2/c1-14(22)19-10-17-12-25-18(20-17)16-8-5-9-21(11-16)26(23,24)13-15-6-3-2-4-7-15/h2-4,6-7,12,16H,5,8-11,13H2,1H3,(H,19,22)/t16-/m0/s1. The Hall–Kier alpha value is -1.77. The first kappa shape index (κ1) is 19.0. The number of hydrogen-bond acceptors (Lipinski definition) is 5. The van der Waals surface area contributed by atoms with Crippen LogP contribution < -0.4 is 5.32 Å². The Morgan fingerprint density at radius 1 is 1.35 bits per heavy atom. The molecular weight excluding hydrogens is 370 g/mol. The maximum atomic E-state index is 12.8. The van der Waals surface area contributed by atoms with Crippen LogP contribution in [0, 0.1) is 0 Å². The number of nitrogens with one attached hydrogen (secondary N) is 1. The average molecular weight is 394 g/mol. The van der Waals surface area contributed by atoms with Crippen molar-refractivity contribution in [3.63, 3.8) is 0 Å². The second-order valence-electron chi connectivity index (χ2n) is 6.53. The first-order valence-corrected chi connectivity index (χ1v) is 11.1. The van der Waals surface area contributed by atoms with Crippen LogP contribution in [-0.4, -0.2) is 36.7 Å². The van der Waals surface area contributed by atoms with Gasteiger partial charge < -0.3 is 5.32 Å². The van der Waals surface area contributed by atoms with Gasteiger partial charge in [-0.05, 0) is 18.4 Å². The topological polar surface area (TPSA) is 79.4 Å². The number of nitrogens with zero attached hydrogens (tertiary/aromatic N) is 2. The number of aromatic nitrogens is 1. The number of carbonyl (C=O) groups excluding carboxylic acids is 1. The average Bonchev–Trinajstić information content (AvgIpc) is 3.10. The summed E-state index contributed by atoms with van der Waals surface area (Å²) in [6.45, 7) is 2.93. The zero-order valence-corrected chi connectivity index (χ0v) is 16.4. The van der Waals surface area contributed by atoms with Crippen molar-refractivity contribution >= 4 is 27.3 Å². The van der Waals surface area contributed by atoms with E-state index in [-0.39, 0.29) is 17.6 Å². The molecule has 0 unspecified atom stereocenters. The smallest absolute Gasteiger partial charge is 0.218 e. The fourth-order valence-corrected chi connectivity index (χ4v) is 5.64. The van der Waals surface area contributed by atoms with Gasteiger partial charge in [0.15, 0.2) is 0 Å². The van der Waals surface area contributed by atoms with Crippen molar-refractivity contribution in [1.29, 1.82) is 0 Å². The highest BCUT2D eigenvalue weighted by molar-refractivity contribution is 7.88. The summed E-state index contributed by atoms with van der Waals surface area (Å²) in [7, 11) is -3.34. The lowest BCUT2D eigenvalue weighted by atomic mass is 10.0. The van der Waals surface area contributed by atoms with E-state index < -0.39 is 10.0 Å². The molecule has 1 saturated heterocycles. The van der Waals surface area contributed by atoms with Crippen LogP contribution >= 0.6 is 11.3 Å². The summed E-state index contributed by atoms with van der Waals surface area (Å²) < 4.78 is 27.2. The molecule has 0 radical (unpaired) electrons. The minimum Gasteiger partial charge on any atom is -0.351 e. The van der Waals surface area contributed by atoms with Crippen molar-refractivity contribution in [3.8, 4) is 0 Å². The molecule has 26 heavy (non-hydrogen) atoms. The molecule has 1 atom stereocenters. The molecule has 1 N–H and O–H groups in total. The molecule has 0 spiro atoms. The van der Waals surface area contributed by atoms with Gasteiger partial charge in [-0.2, -0.15) is 0 Å². The van der Waals surface area contributed by atoms with Crippen molar-refractivity contribution in [2.24, 2.45) is 0 Å². The monoisotopic (exact) mass is 393 g/mol. The van der Waals surface area contributed by atoms with Gasteiger partial charge in [-0.15, -0.1) is 11.3 Å². The van der Waals surface area contributed by atoms with Crippen LogP contribution in [0.1, 0.15) is 41.9 Å². The predicted molar refractivity (Wildman–Crippen MR) is 102 cm³/mol. The lowest BCUT2D eigenvalue weighted by Crippen LogP contribution is -2.39. The number of amides is 1. The number of rotatable bonds is 6. The zero-order valence-electron chi connectivity index (χ0n) is 14.7. The minimum atomic E-state index is -3.34. The molecule has 1 aromatic carbocycles. The van der Waals surface area contributed by atoms with Crippen LogP contribution in [0.2, 0.25) is 0 Å². The summed E-state index contributed by atoms with van der Waals surface area (Å²) in [5.41, 5.74) is 1.63. The zero-order chi connectivity index (χ0) is 18.6. The van der Waals surface area contributed by atoms with Gasteiger partial charge in [0.1, 0.15) is 0 Å². The van der Waals surface area contributed by atoms with Gasteiger partial charge in [0.05, 0.1) is 23.0 Å². The lowest BCUT2D eigenvalue weighted by Gasteiger charge is -2.31. The second kappa shape index (κ2) is 8.28. The summed E-state index contributed by atoms with van der Waals surface area (Å²) in [6, 6.07) is 9.28. The fraction of sp³-hybridized carbons (Fsp3) is 0.444. The van der Waals surface area contributed by atoms with E-state index in [1.54, 1.807) is 15.6 Å². The van der Waals surface area contributed by atoms with Crippen molar-refractivity contribution in [2.75, 3.05) is 13.1 Å². The Morgan fingerprint density at radius 3 is 2.85 bits per heavy atom. The van der Waals surface area contributed by atoms with Crippen molar-refractivity contribution in [1.82, 2.24) is 14.6 Å². The molecule has 140 valence electrons. The molecule has 1 aromatic heterocycles. The summed E-state index contributed by atoms with van der Waals surface area (Å²) in [5.74, 6) is 0.0624. The van der Waals surface area contributed by atoms with Crippen LogP contribution in [0.25, 0.3) is 0 Å². The summed E-state index contributed by atoms with van der Waals surface area (Å²) in [4.78, 5) is 15.6. The normalized spacial score (nSPS) is 18.6. The summed E-state index contributed by atoms with van der Waals surface area (Å²) in [5, 5.41) is 5.62. The first-order valence-electron chi connectivity index (χ1n) is 8.64. The van der Waals surface area contributed by atoms with E-state index >= 15 is 0 Å². The predicted octanol–water partition coefficient (Wildman–Crippen LogP) is 2.49. The molecule has 8 heteroatoms. The van der Waals surface area contributed by atoms with Crippen LogP contribution in [0.3, 0.4) is 0 Å². The lowest BCUT2D eigenvalue weighted by molar-refractivity contribution is -0.119. The van der Waals surface area contributed by atoms with Crippen LogP contribution in [0.4, 0.5) is 0 Å². The molecule has 0 bridgehead atoms. The van der Waals surface area contributed by atoms with Gasteiger partial charge in [0.25, 0.3) is 0 Å². The van der Waals surface area contributed by atoms with Gasteiger partial charge in [-0.1, -0.05) is 30.3 Å². The quantitative estimate of drug-likeness (QED) is 0.818. The van der Waals surface area contributed by atoms with Gasteiger partial charge >= 0.3 is 0 Å². The van der Waals surface area contributed by atoms with E-state index in [0.29, 0.717) is 19.6 Å². The Kier molecular flexibility index (Phi) is 6.05. The van der Waals surface area contributed by atoms with Gasteiger partial charge in [0.2, 0.25) is 15.9 Å². The SMILES string of the molecule is CC(=O)NCc1csc([C@H]2CCCN(S(=O)(=O)Cc3ccccc3)C2)n1. The third-order valence-electron chi connectivity index (χ3n) is 4.41. The van der Waals surface area contributed by atoms with Gasteiger partial charge in [-0.25, -0.2) is 17.7 Å². The molecule has 1 aliphatic rings. The molecule has 1 amide bonds. The van der Waals surface area contributed by atoms with E-state index in [0.717, 1.165) is 29.1 Å². The fourth-order valence-electron chi connectivity index (χ4n) is 3.08. The largest absolute Gasteiger partial charge is 0.351 e. The third-order valence-corrected chi connectivity index (χ3v) is 7.28. The van der Waals surface area contributed by atoms with Gasteiger partial charge in [0, 0.05) is 31.3 Å². The molecule has 1 fully saturated rings. The third kappa shape index (κ3) is 4.90. The maximum Gasteiger partial charge on any atom is 0.218 e. The Balaban J connectivity index is 1.66. The highest BCUT2D eigenvalue weighted by atomic mass is 32.2. The molecule has 0 aliphatic carbocycles. The maximum absolute atomic E-state index is 12.8. The molecule has 0 saturated carbocycles. The Labute approximate surface area is 158 Å². The number of sulfonamides is 1. The van der Waals surface area contributed by atoms with Crippen LogP contribution in [0.5, 0.6) is 0 Å². The molecule has 2 heterocycles. The highest BCUT2D eigenvalue weighted by Gasteiger charge is 2.31. The minimum absolute atomic E-state index is 0.0339. The van der Waals surface area contributed by atoms with E-state index in [1.165, 1.54) is 6.92 Å². The number of thiazole rings is 1. The van der Waals surface area contributed by atoms with Crippen molar-refractivity contribution < 1.29 is 13.2 Å². The molecule has 2 aromatic rings. The van der Waals surface area contributed by atoms with Crippen LogP contribution in [-0.2, 0) is 27.1 Å². The van der Waals surface area contributed by atoms with E-state index in [1.807, 2.05) is 35.7 Å². The number of hydrogen-bond donors (Lipinski definition) is 1. The van der Waals surface area contributed by atoms with E-state index in [4.69, 9.17) is 0 Å². The van der Waals surface area contributed by atoms with E-state index in [9.17, 15) is 13.2 Å². The summed E-state index contributed by atoms with van der Waals surface area (Å²) >= 11 is 1.54. The van der Waals surface area contributed by atoms with Crippen molar-refractivity contribution in [3.05, 3.63) is 52.0 Å². The van der Waals surface area contributed by atoms with E-state index in [2.05, 4.69) is 10.3 Å². The Morgan fingerprint density at radius 2 is 2.12 bits per heavy atom. The molecule has 3 rings (SSSR count).